The SMILES string of the molecule is CNC(=O)c1ccc(N2CCC(O)CC2)nc1. The molecule has 92 valence electrons. The van der Waals surface area contributed by atoms with E-state index in [1.54, 1.807) is 19.3 Å². The van der Waals surface area contributed by atoms with E-state index in [0.29, 0.717) is 5.56 Å². The van der Waals surface area contributed by atoms with Crippen molar-refractivity contribution in [3.63, 3.8) is 0 Å². The first-order valence-corrected chi connectivity index (χ1v) is 5.82. The highest BCUT2D eigenvalue weighted by atomic mass is 16.3. The van der Waals surface area contributed by atoms with Crippen LogP contribution in [0.5, 0.6) is 0 Å². The summed E-state index contributed by atoms with van der Waals surface area (Å²) in [6.45, 7) is 1.63. The molecule has 0 radical (unpaired) electrons. The van der Waals surface area contributed by atoms with E-state index in [-0.39, 0.29) is 12.0 Å². The molecule has 0 unspecified atom stereocenters. The number of hydrogen-bond donors (Lipinski definition) is 2. The summed E-state index contributed by atoms with van der Waals surface area (Å²) in [7, 11) is 1.60. The Balaban J connectivity index is 2.05. The van der Waals surface area contributed by atoms with Crippen LogP contribution in [0.15, 0.2) is 18.3 Å². The van der Waals surface area contributed by atoms with Crippen molar-refractivity contribution in [2.45, 2.75) is 18.9 Å². The molecule has 5 heteroatoms. The lowest BCUT2D eigenvalue weighted by atomic mass is 10.1. The first-order chi connectivity index (χ1) is 8.20. The third-order valence-corrected chi connectivity index (χ3v) is 3.03. The van der Waals surface area contributed by atoms with Crippen molar-refractivity contribution in [2.24, 2.45) is 0 Å². The summed E-state index contributed by atoms with van der Waals surface area (Å²) < 4.78 is 0. The van der Waals surface area contributed by atoms with Crippen LogP contribution in [0.1, 0.15) is 23.2 Å². The lowest BCUT2D eigenvalue weighted by Crippen LogP contribution is -2.36. The number of carbonyl (C=O) groups excluding carboxylic acids is 1. The van der Waals surface area contributed by atoms with E-state index in [0.717, 1.165) is 31.7 Å². The number of rotatable bonds is 2. The molecule has 0 aromatic carbocycles. The van der Waals surface area contributed by atoms with Crippen LogP contribution in [0.3, 0.4) is 0 Å². The van der Waals surface area contributed by atoms with Gasteiger partial charge in [0.05, 0.1) is 11.7 Å². The monoisotopic (exact) mass is 235 g/mol. The minimum atomic E-state index is -0.184. The average Bonchev–Trinajstić information content (AvgIpc) is 2.39. The normalized spacial score (nSPS) is 16.9. The van der Waals surface area contributed by atoms with Gasteiger partial charge in [0.1, 0.15) is 5.82 Å². The second-order valence-corrected chi connectivity index (χ2v) is 4.20. The first-order valence-electron chi connectivity index (χ1n) is 5.82. The molecule has 2 heterocycles. The average molecular weight is 235 g/mol. The Morgan fingerprint density at radius 1 is 1.47 bits per heavy atom. The lowest BCUT2D eigenvalue weighted by molar-refractivity contribution is 0.0963. The Morgan fingerprint density at radius 3 is 2.71 bits per heavy atom. The molecule has 0 bridgehead atoms. The number of amides is 1. The topological polar surface area (TPSA) is 65.5 Å². The van der Waals surface area contributed by atoms with Gasteiger partial charge in [-0.25, -0.2) is 4.98 Å². The van der Waals surface area contributed by atoms with Crippen LogP contribution >= 0.6 is 0 Å². The maximum absolute atomic E-state index is 11.3. The molecule has 1 aliphatic rings. The number of nitrogens with zero attached hydrogens (tertiary/aromatic N) is 2. The van der Waals surface area contributed by atoms with Crippen LogP contribution in [-0.4, -0.2) is 42.2 Å². The van der Waals surface area contributed by atoms with Crippen LogP contribution in [0.4, 0.5) is 5.82 Å². The third kappa shape index (κ3) is 2.74. The summed E-state index contributed by atoms with van der Waals surface area (Å²) in [4.78, 5) is 17.8. The Bertz CT molecular complexity index is 383. The number of aliphatic hydroxyl groups excluding tert-OH is 1. The quantitative estimate of drug-likeness (QED) is 0.779. The van der Waals surface area contributed by atoms with E-state index < -0.39 is 0 Å². The van der Waals surface area contributed by atoms with E-state index in [4.69, 9.17) is 0 Å². The van der Waals surface area contributed by atoms with Crippen molar-refractivity contribution in [3.05, 3.63) is 23.9 Å². The van der Waals surface area contributed by atoms with Gasteiger partial charge in [-0.15, -0.1) is 0 Å². The van der Waals surface area contributed by atoms with Gasteiger partial charge in [0.25, 0.3) is 5.91 Å². The zero-order valence-electron chi connectivity index (χ0n) is 9.89. The van der Waals surface area contributed by atoms with Gasteiger partial charge in [0, 0.05) is 26.3 Å². The van der Waals surface area contributed by atoms with Crippen molar-refractivity contribution in [3.8, 4) is 0 Å². The summed E-state index contributed by atoms with van der Waals surface area (Å²) in [6, 6.07) is 3.62. The minimum absolute atomic E-state index is 0.127. The van der Waals surface area contributed by atoms with Crippen LogP contribution in [0.25, 0.3) is 0 Å². The molecule has 1 aliphatic heterocycles. The highest BCUT2D eigenvalue weighted by Gasteiger charge is 2.18. The summed E-state index contributed by atoms with van der Waals surface area (Å²) in [5.74, 6) is 0.739. The molecule has 5 nitrogen and oxygen atoms in total. The number of aliphatic hydroxyl groups is 1. The number of nitrogens with one attached hydrogen (secondary N) is 1. The van der Waals surface area contributed by atoms with E-state index in [1.807, 2.05) is 6.07 Å². The van der Waals surface area contributed by atoms with Gasteiger partial charge in [0.2, 0.25) is 0 Å². The Morgan fingerprint density at radius 2 is 2.18 bits per heavy atom. The molecule has 2 N–H and O–H groups in total. The third-order valence-electron chi connectivity index (χ3n) is 3.03. The van der Waals surface area contributed by atoms with Gasteiger partial charge in [-0.2, -0.15) is 0 Å². The first kappa shape index (κ1) is 11.9. The van der Waals surface area contributed by atoms with Crippen LogP contribution in [-0.2, 0) is 0 Å². The maximum Gasteiger partial charge on any atom is 0.252 e. The Labute approximate surface area is 100 Å². The summed E-state index contributed by atoms with van der Waals surface area (Å²) in [5, 5.41) is 12.0. The molecule has 0 spiro atoms. The molecule has 1 saturated heterocycles. The number of anilines is 1. The smallest absolute Gasteiger partial charge is 0.252 e. The molecule has 0 atom stereocenters. The van der Waals surface area contributed by atoms with Crippen LogP contribution < -0.4 is 10.2 Å². The van der Waals surface area contributed by atoms with E-state index in [9.17, 15) is 9.90 Å². The standard InChI is InChI=1S/C12H17N3O2/c1-13-12(17)9-2-3-11(14-8-9)15-6-4-10(16)5-7-15/h2-3,8,10,16H,4-7H2,1H3,(H,13,17). The molecule has 1 aromatic rings. The zero-order valence-corrected chi connectivity index (χ0v) is 9.89. The fraction of sp³-hybridized carbons (Fsp3) is 0.500. The summed E-state index contributed by atoms with van der Waals surface area (Å²) in [5.41, 5.74) is 0.563. The van der Waals surface area contributed by atoms with Gasteiger partial charge in [-0.3, -0.25) is 4.79 Å². The van der Waals surface area contributed by atoms with Crippen LogP contribution in [0, 0.1) is 0 Å². The Kier molecular flexibility index (Phi) is 3.58. The van der Waals surface area contributed by atoms with Crippen molar-refractivity contribution < 1.29 is 9.90 Å². The fourth-order valence-electron chi connectivity index (χ4n) is 1.95. The summed E-state index contributed by atoms with van der Waals surface area (Å²) in [6.07, 6.45) is 2.95. The van der Waals surface area contributed by atoms with Gasteiger partial charge in [0.15, 0.2) is 0 Å². The number of hydrogen-bond acceptors (Lipinski definition) is 4. The Hall–Kier alpha value is -1.62. The number of pyridine rings is 1. The van der Waals surface area contributed by atoms with Gasteiger partial charge >= 0.3 is 0 Å². The zero-order chi connectivity index (χ0) is 12.3. The molecular weight excluding hydrogens is 218 g/mol. The lowest BCUT2D eigenvalue weighted by Gasteiger charge is -2.30. The molecule has 17 heavy (non-hydrogen) atoms. The van der Waals surface area contributed by atoms with Crippen molar-refractivity contribution in [2.75, 3.05) is 25.0 Å². The molecule has 1 amide bonds. The van der Waals surface area contributed by atoms with Crippen molar-refractivity contribution >= 4 is 11.7 Å². The van der Waals surface area contributed by atoms with Crippen LogP contribution in [0.2, 0.25) is 0 Å². The molecular formula is C12H17N3O2. The van der Waals surface area contributed by atoms with E-state index in [1.165, 1.54) is 0 Å². The predicted molar refractivity (Wildman–Crippen MR) is 65.1 cm³/mol. The molecule has 1 aromatic heterocycles. The number of aromatic nitrogens is 1. The van der Waals surface area contributed by atoms with Gasteiger partial charge in [-0.1, -0.05) is 0 Å². The molecule has 1 fully saturated rings. The largest absolute Gasteiger partial charge is 0.393 e. The van der Waals surface area contributed by atoms with Gasteiger partial charge < -0.3 is 15.3 Å². The predicted octanol–water partition coefficient (Wildman–Crippen LogP) is 0.402. The second-order valence-electron chi connectivity index (χ2n) is 4.20. The van der Waals surface area contributed by atoms with E-state index in [2.05, 4.69) is 15.2 Å². The molecule has 0 saturated carbocycles. The van der Waals surface area contributed by atoms with E-state index >= 15 is 0 Å². The minimum Gasteiger partial charge on any atom is -0.393 e. The second kappa shape index (κ2) is 5.14. The van der Waals surface area contributed by atoms with Gasteiger partial charge in [-0.05, 0) is 25.0 Å². The van der Waals surface area contributed by atoms with Crippen molar-refractivity contribution in [1.82, 2.24) is 10.3 Å². The maximum atomic E-state index is 11.3. The van der Waals surface area contributed by atoms with Crippen molar-refractivity contribution in [1.29, 1.82) is 0 Å². The number of carbonyl (C=O) groups is 1. The molecule has 0 aliphatic carbocycles. The number of piperidine rings is 1. The molecule has 2 rings (SSSR count). The summed E-state index contributed by atoms with van der Waals surface area (Å²) >= 11 is 0. The highest BCUT2D eigenvalue weighted by Crippen LogP contribution is 2.17. The fourth-order valence-corrected chi connectivity index (χ4v) is 1.95. The highest BCUT2D eigenvalue weighted by molar-refractivity contribution is 5.93.